The molecule has 4 rings (SSSR count). The van der Waals surface area contributed by atoms with Crippen LogP contribution in [-0.2, 0) is 11.2 Å². The number of unbranched alkanes of at least 4 members (excludes halogenated alkanes) is 1. The minimum atomic E-state index is -0.264. The molecule has 1 unspecified atom stereocenters. The predicted octanol–water partition coefficient (Wildman–Crippen LogP) is 1.53. The summed E-state index contributed by atoms with van der Waals surface area (Å²) < 4.78 is 5.75. The van der Waals surface area contributed by atoms with Crippen molar-refractivity contribution in [3.63, 3.8) is 0 Å². The molecule has 9 heteroatoms. The lowest BCUT2D eigenvalue weighted by Gasteiger charge is -2.32. The minimum Gasteiger partial charge on any atom is -0.391 e. The lowest BCUT2D eigenvalue weighted by Crippen LogP contribution is -2.48. The number of ether oxygens (including phenoxy) is 1. The summed E-state index contributed by atoms with van der Waals surface area (Å²) in [5, 5.41) is 7.95. The quantitative estimate of drug-likeness (QED) is 0.598. The fourth-order valence-corrected chi connectivity index (χ4v) is 3.23. The zero-order chi connectivity index (χ0) is 20.1. The molecule has 9 nitrogen and oxygen atoms in total. The molecule has 1 atom stereocenters. The molecule has 152 valence electrons. The highest BCUT2D eigenvalue weighted by Crippen LogP contribution is 2.12. The maximum atomic E-state index is 12.8. The van der Waals surface area contributed by atoms with Crippen LogP contribution < -0.4 is 4.84 Å². The van der Waals surface area contributed by atoms with Gasteiger partial charge in [0.1, 0.15) is 23.9 Å². The molecule has 1 aliphatic heterocycles. The van der Waals surface area contributed by atoms with Gasteiger partial charge in [0.2, 0.25) is 5.65 Å². The Labute approximate surface area is 168 Å². The summed E-state index contributed by atoms with van der Waals surface area (Å²) in [6, 6.07) is 7.40. The number of pyridine rings is 2. The van der Waals surface area contributed by atoms with Gasteiger partial charge in [0.15, 0.2) is 0 Å². The molecular formula is C20H24N6O3. The Hall–Kier alpha value is -3.07. The second kappa shape index (κ2) is 8.95. The van der Waals surface area contributed by atoms with Gasteiger partial charge in [0, 0.05) is 18.9 Å². The van der Waals surface area contributed by atoms with E-state index in [4.69, 9.17) is 9.57 Å². The number of nitrogens with zero attached hydrogens (tertiary/aromatic N) is 6. The second-order valence-corrected chi connectivity index (χ2v) is 7.00. The fourth-order valence-electron chi connectivity index (χ4n) is 3.23. The zero-order valence-corrected chi connectivity index (χ0v) is 16.4. The van der Waals surface area contributed by atoms with Gasteiger partial charge >= 0.3 is 0 Å². The maximum Gasteiger partial charge on any atom is 0.272 e. The van der Waals surface area contributed by atoms with Gasteiger partial charge in [0.05, 0.1) is 13.2 Å². The second-order valence-electron chi connectivity index (χ2n) is 7.00. The van der Waals surface area contributed by atoms with Crippen molar-refractivity contribution >= 4 is 17.1 Å². The number of carbonyl (C=O) groups is 1. The summed E-state index contributed by atoms with van der Waals surface area (Å²) in [5.41, 5.74) is 2.81. The van der Waals surface area contributed by atoms with Gasteiger partial charge in [-0.05, 0) is 41.8 Å². The summed E-state index contributed by atoms with van der Waals surface area (Å²) in [6.07, 6.45) is 6.44. The number of aryl methyl sites for hydroxylation is 1. The average Bonchev–Trinajstić information content (AvgIpc) is 3.19. The van der Waals surface area contributed by atoms with Crippen LogP contribution in [0.15, 0.2) is 36.7 Å². The molecule has 4 heterocycles. The lowest BCUT2D eigenvalue weighted by atomic mass is 10.1. The Balaban J connectivity index is 1.34. The number of aromatic nitrogens is 5. The molecule has 0 bridgehead atoms. The Bertz CT molecular complexity index is 958. The highest BCUT2D eigenvalue weighted by Gasteiger charge is 2.26. The first-order valence-corrected chi connectivity index (χ1v) is 9.90. The molecule has 0 radical (unpaired) electrons. The van der Waals surface area contributed by atoms with Crippen molar-refractivity contribution in [2.45, 2.75) is 32.3 Å². The van der Waals surface area contributed by atoms with Crippen molar-refractivity contribution in [2.75, 3.05) is 26.3 Å². The van der Waals surface area contributed by atoms with Gasteiger partial charge in [0.25, 0.3) is 5.91 Å². The maximum absolute atomic E-state index is 12.8. The zero-order valence-electron chi connectivity index (χ0n) is 16.4. The molecule has 0 saturated carbocycles. The van der Waals surface area contributed by atoms with Crippen molar-refractivity contribution in [3.8, 4) is 0 Å². The van der Waals surface area contributed by atoms with Gasteiger partial charge in [-0.1, -0.05) is 24.3 Å². The summed E-state index contributed by atoms with van der Waals surface area (Å²) >= 11 is 0. The van der Waals surface area contributed by atoms with E-state index in [1.54, 1.807) is 23.4 Å². The normalized spacial score (nSPS) is 16.9. The van der Waals surface area contributed by atoms with Crippen LogP contribution in [-0.4, -0.2) is 68.3 Å². The van der Waals surface area contributed by atoms with E-state index < -0.39 is 0 Å². The summed E-state index contributed by atoms with van der Waals surface area (Å²) in [5.74, 6) is -0.0896. The lowest BCUT2D eigenvalue weighted by molar-refractivity contribution is -0.0681. The van der Waals surface area contributed by atoms with Crippen molar-refractivity contribution in [3.05, 3.63) is 47.9 Å². The number of morpholine rings is 1. The van der Waals surface area contributed by atoms with Crippen molar-refractivity contribution in [2.24, 2.45) is 0 Å². The van der Waals surface area contributed by atoms with E-state index >= 15 is 0 Å². The van der Waals surface area contributed by atoms with Gasteiger partial charge in [-0.25, -0.2) is 4.98 Å². The Kier molecular flexibility index (Phi) is 5.95. The van der Waals surface area contributed by atoms with Crippen LogP contribution in [0.25, 0.3) is 11.2 Å². The molecule has 29 heavy (non-hydrogen) atoms. The summed E-state index contributed by atoms with van der Waals surface area (Å²) in [7, 11) is 0. The Morgan fingerprint density at radius 2 is 2.24 bits per heavy atom. The van der Waals surface area contributed by atoms with Crippen molar-refractivity contribution < 1.29 is 14.4 Å². The number of carbonyl (C=O) groups excluding carboxylic acids is 1. The van der Waals surface area contributed by atoms with E-state index in [-0.39, 0.29) is 18.6 Å². The van der Waals surface area contributed by atoms with Crippen molar-refractivity contribution in [1.29, 1.82) is 0 Å². The molecule has 3 aromatic rings. The molecular weight excluding hydrogens is 372 g/mol. The van der Waals surface area contributed by atoms with E-state index in [0.29, 0.717) is 36.6 Å². The highest BCUT2D eigenvalue weighted by atomic mass is 16.7. The molecule has 0 aliphatic carbocycles. The van der Waals surface area contributed by atoms with Crippen molar-refractivity contribution in [1.82, 2.24) is 30.0 Å². The van der Waals surface area contributed by atoms with Crippen LogP contribution in [0.5, 0.6) is 0 Å². The molecule has 0 N–H and O–H groups in total. The third kappa shape index (κ3) is 4.51. The van der Waals surface area contributed by atoms with Crippen LogP contribution in [0.4, 0.5) is 0 Å². The highest BCUT2D eigenvalue weighted by molar-refractivity contribution is 5.92. The van der Waals surface area contributed by atoms with Crippen LogP contribution in [0, 0.1) is 0 Å². The third-order valence-corrected chi connectivity index (χ3v) is 4.85. The van der Waals surface area contributed by atoms with E-state index in [1.165, 1.54) is 4.85 Å². The largest absolute Gasteiger partial charge is 0.391 e. The summed E-state index contributed by atoms with van der Waals surface area (Å²) in [6.45, 7) is 3.80. The standard InChI is InChI=1S/C20H24N6O3/c1-2-3-5-15-7-8-18(22-12-15)20(27)25-10-11-28-16(13-25)14-29-26-19-17(23-24-26)6-4-9-21-19/h4,6-9,12,16H,2-3,5,10-11,13-14H2,1H3. The van der Waals surface area contributed by atoms with Gasteiger partial charge in [-0.3, -0.25) is 9.78 Å². The topological polar surface area (TPSA) is 95.3 Å². The third-order valence-electron chi connectivity index (χ3n) is 4.85. The van der Waals surface area contributed by atoms with Crippen LogP contribution in [0.3, 0.4) is 0 Å². The smallest absolute Gasteiger partial charge is 0.272 e. The SMILES string of the molecule is CCCCc1ccc(C(=O)N2CCOC(COn3nnc4cccnc43)C2)nc1. The first-order valence-electron chi connectivity index (χ1n) is 9.90. The van der Waals surface area contributed by atoms with Gasteiger partial charge < -0.3 is 14.5 Å². The molecule has 0 aromatic carbocycles. The molecule has 1 saturated heterocycles. The van der Waals surface area contributed by atoms with E-state index in [1.807, 2.05) is 18.2 Å². The number of amides is 1. The molecule has 3 aromatic heterocycles. The molecule has 0 spiro atoms. The fraction of sp³-hybridized carbons (Fsp3) is 0.450. The molecule has 1 amide bonds. The number of hydrogen-bond donors (Lipinski definition) is 0. The predicted molar refractivity (Wildman–Crippen MR) is 105 cm³/mol. The first kappa shape index (κ1) is 19.3. The van der Waals surface area contributed by atoms with E-state index in [2.05, 4.69) is 27.2 Å². The van der Waals surface area contributed by atoms with Crippen LogP contribution in [0.2, 0.25) is 0 Å². The minimum absolute atomic E-state index is 0.0896. The number of rotatable bonds is 7. The van der Waals surface area contributed by atoms with E-state index in [0.717, 1.165) is 24.8 Å². The number of hydrogen-bond acceptors (Lipinski definition) is 7. The van der Waals surface area contributed by atoms with Gasteiger partial charge in [-0.2, -0.15) is 0 Å². The monoisotopic (exact) mass is 396 g/mol. The Morgan fingerprint density at radius 3 is 3.07 bits per heavy atom. The Morgan fingerprint density at radius 1 is 1.31 bits per heavy atom. The summed E-state index contributed by atoms with van der Waals surface area (Å²) in [4.78, 5) is 30.1. The first-order chi connectivity index (χ1) is 14.2. The molecule has 1 fully saturated rings. The van der Waals surface area contributed by atoms with Crippen LogP contribution in [0.1, 0.15) is 35.8 Å². The molecule has 1 aliphatic rings. The average molecular weight is 396 g/mol. The number of fused-ring (bicyclic) bond motifs is 1. The van der Waals surface area contributed by atoms with Crippen LogP contribution >= 0.6 is 0 Å². The van der Waals surface area contributed by atoms with Gasteiger partial charge in [-0.15, -0.1) is 5.10 Å². The van der Waals surface area contributed by atoms with E-state index in [9.17, 15) is 4.79 Å².